The standard InChI is InChI=1S/C18H21N9O3/c1-11(12-5-4-6-13(28)9-12)20-22-18(29)15-14(10-26-7-2-3-8-26)21-25-27(15)17-16(19)23-30-24-17/h4-6,9,28H,2-3,7-8,10H2,1H3,(H2,19,23)(H,22,29). The number of nitrogens with one attached hydrogen (secondary N) is 1. The van der Waals surface area contributed by atoms with E-state index in [2.05, 4.69) is 40.7 Å². The molecule has 0 unspecified atom stereocenters. The number of carbonyl (C=O) groups excluding carboxylic acids is 1. The molecule has 12 heteroatoms. The molecule has 0 atom stereocenters. The second-order valence-corrected chi connectivity index (χ2v) is 6.94. The summed E-state index contributed by atoms with van der Waals surface area (Å²) in [7, 11) is 0. The Kier molecular flexibility index (Phi) is 5.39. The number of anilines is 1. The monoisotopic (exact) mass is 411 g/mol. The van der Waals surface area contributed by atoms with Crippen molar-refractivity contribution < 1.29 is 14.5 Å². The summed E-state index contributed by atoms with van der Waals surface area (Å²) in [5.41, 5.74) is 10.1. The van der Waals surface area contributed by atoms with Gasteiger partial charge in [-0.1, -0.05) is 17.3 Å². The molecule has 0 aliphatic carbocycles. The van der Waals surface area contributed by atoms with Crippen LogP contribution >= 0.6 is 0 Å². The van der Waals surface area contributed by atoms with Gasteiger partial charge in [0.1, 0.15) is 11.4 Å². The molecule has 1 saturated heterocycles. The summed E-state index contributed by atoms with van der Waals surface area (Å²) in [6.07, 6.45) is 2.20. The van der Waals surface area contributed by atoms with Crippen molar-refractivity contribution in [1.29, 1.82) is 0 Å². The first kappa shape index (κ1) is 19.5. The molecule has 0 saturated carbocycles. The second kappa shape index (κ2) is 8.29. The molecular formula is C18H21N9O3. The predicted molar refractivity (Wildman–Crippen MR) is 106 cm³/mol. The van der Waals surface area contributed by atoms with Crippen molar-refractivity contribution in [2.45, 2.75) is 26.3 Å². The average Bonchev–Trinajstić information content (AvgIpc) is 3.47. The van der Waals surface area contributed by atoms with E-state index in [0.29, 0.717) is 23.5 Å². The molecule has 156 valence electrons. The third kappa shape index (κ3) is 3.98. The number of phenols is 1. The fourth-order valence-corrected chi connectivity index (χ4v) is 3.27. The Hall–Kier alpha value is -3.80. The smallest absolute Gasteiger partial charge is 0.292 e. The van der Waals surface area contributed by atoms with Crippen LogP contribution in [0.4, 0.5) is 5.82 Å². The van der Waals surface area contributed by atoms with Gasteiger partial charge in [0.15, 0.2) is 5.69 Å². The number of nitrogen functional groups attached to an aromatic ring is 1. The van der Waals surface area contributed by atoms with Gasteiger partial charge >= 0.3 is 0 Å². The number of hydrogen-bond acceptors (Lipinski definition) is 10. The van der Waals surface area contributed by atoms with Gasteiger partial charge in [-0.15, -0.1) is 5.10 Å². The molecule has 2 aromatic heterocycles. The molecule has 1 aliphatic rings. The lowest BCUT2D eigenvalue weighted by Gasteiger charge is -2.13. The average molecular weight is 411 g/mol. The van der Waals surface area contributed by atoms with Crippen LogP contribution in [0.3, 0.4) is 0 Å². The van der Waals surface area contributed by atoms with Crippen molar-refractivity contribution in [2.24, 2.45) is 5.10 Å². The number of hydrogen-bond donors (Lipinski definition) is 3. The fraction of sp³-hybridized carbons (Fsp3) is 0.333. The van der Waals surface area contributed by atoms with Crippen LogP contribution in [-0.4, -0.2) is 60.0 Å². The summed E-state index contributed by atoms with van der Waals surface area (Å²) in [5.74, 6) is -0.358. The van der Waals surface area contributed by atoms with Gasteiger partial charge in [-0.25, -0.2) is 10.1 Å². The largest absolute Gasteiger partial charge is 0.508 e. The van der Waals surface area contributed by atoms with Crippen molar-refractivity contribution in [2.75, 3.05) is 18.8 Å². The lowest BCUT2D eigenvalue weighted by molar-refractivity contribution is 0.0945. The Morgan fingerprint density at radius 1 is 1.33 bits per heavy atom. The molecule has 3 aromatic rings. The third-order valence-electron chi connectivity index (χ3n) is 4.81. The first-order chi connectivity index (χ1) is 14.5. The van der Waals surface area contributed by atoms with E-state index < -0.39 is 5.91 Å². The van der Waals surface area contributed by atoms with Crippen LogP contribution in [0.5, 0.6) is 5.75 Å². The van der Waals surface area contributed by atoms with Gasteiger partial charge < -0.3 is 10.8 Å². The molecule has 3 heterocycles. The van der Waals surface area contributed by atoms with E-state index >= 15 is 0 Å². The van der Waals surface area contributed by atoms with Crippen molar-refractivity contribution in [3.63, 3.8) is 0 Å². The first-order valence-electron chi connectivity index (χ1n) is 9.42. The number of carbonyl (C=O) groups is 1. The number of phenolic OH excluding ortho intramolecular Hbond substituents is 1. The molecule has 1 amide bonds. The summed E-state index contributed by atoms with van der Waals surface area (Å²) in [6.45, 7) is 4.03. The molecule has 0 radical (unpaired) electrons. The SMILES string of the molecule is CC(=NNC(=O)c1c(CN2CCCC2)nnn1-c1nonc1N)c1cccc(O)c1. The van der Waals surface area contributed by atoms with Crippen LogP contribution in [0, 0.1) is 0 Å². The summed E-state index contributed by atoms with van der Waals surface area (Å²) in [6, 6.07) is 6.58. The van der Waals surface area contributed by atoms with E-state index in [1.54, 1.807) is 31.2 Å². The number of benzene rings is 1. The minimum absolute atomic E-state index is 0.0129. The molecule has 30 heavy (non-hydrogen) atoms. The molecule has 0 spiro atoms. The number of aromatic nitrogens is 5. The highest BCUT2D eigenvalue weighted by atomic mass is 16.6. The summed E-state index contributed by atoms with van der Waals surface area (Å²) in [5, 5.41) is 29.2. The molecule has 1 fully saturated rings. The minimum Gasteiger partial charge on any atom is -0.508 e. The number of rotatable bonds is 6. The highest BCUT2D eigenvalue weighted by Crippen LogP contribution is 2.19. The second-order valence-electron chi connectivity index (χ2n) is 6.94. The molecular weight excluding hydrogens is 390 g/mol. The Balaban J connectivity index is 1.63. The van der Waals surface area contributed by atoms with Gasteiger partial charge in [-0.05, 0) is 55.3 Å². The Bertz CT molecular complexity index is 1080. The molecule has 4 N–H and O–H groups in total. The number of likely N-dealkylation sites (tertiary alicyclic amines) is 1. The fourth-order valence-electron chi connectivity index (χ4n) is 3.27. The maximum Gasteiger partial charge on any atom is 0.292 e. The Morgan fingerprint density at radius 3 is 2.83 bits per heavy atom. The van der Waals surface area contributed by atoms with Gasteiger partial charge in [0, 0.05) is 12.1 Å². The summed E-state index contributed by atoms with van der Waals surface area (Å²) in [4.78, 5) is 15.2. The van der Waals surface area contributed by atoms with Gasteiger partial charge in [0.2, 0.25) is 11.6 Å². The zero-order chi connectivity index (χ0) is 21.1. The Labute approximate surface area is 171 Å². The molecule has 1 aliphatic heterocycles. The van der Waals surface area contributed by atoms with Crippen molar-refractivity contribution in [1.82, 2.24) is 35.6 Å². The molecule has 4 rings (SSSR count). The normalized spacial score (nSPS) is 14.9. The maximum absolute atomic E-state index is 13.0. The van der Waals surface area contributed by atoms with Crippen LogP contribution < -0.4 is 11.2 Å². The van der Waals surface area contributed by atoms with E-state index in [4.69, 9.17) is 5.73 Å². The third-order valence-corrected chi connectivity index (χ3v) is 4.81. The molecule has 0 bridgehead atoms. The highest BCUT2D eigenvalue weighted by molar-refractivity contribution is 6.01. The number of nitrogens with two attached hydrogens (primary N) is 1. The van der Waals surface area contributed by atoms with Gasteiger partial charge in [-0.3, -0.25) is 9.69 Å². The Morgan fingerprint density at radius 2 is 2.13 bits per heavy atom. The van der Waals surface area contributed by atoms with Gasteiger partial charge in [-0.2, -0.15) is 9.78 Å². The van der Waals surface area contributed by atoms with Crippen LogP contribution in [0.15, 0.2) is 34.0 Å². The van der Waals surface area contributed by atoms with E-state index in [-0.39, 0.29) is 23.1 Å². The van der Waals surface area contributed by atoms with Crippen molar-refractivity contribution in [3.05, 3.63) is 41.2 Å². The van der Waals surface area contributed by atoms with Crippen LogP contribution in [0.1, 0.15) is 41.5 Å². The van der Waals surface area contributed by atoms with Crippen LogP contribution in [0.25, 0.3) is 5.82 Å². The number of amides is 1. The van der Waals surface area contributed by atoms with E-state index in [1.807, 2.05) is 0 Å². The molecule has 12 nitrogen and oxygen atoms in total. The highest BCUT2D eigenvalue weighted by Gasteiger charge is 2.27. The maximum atomic E-state index is 13.0. The van der Waals surface area contributed by atoms with E-state index in [9.17, 15) is 9.90 Å². The van der Waals surface area contributed by atoms with Crippen LogP contribution in [-0.2, 0) is 6.54 Å². The lowest BCUT2D eigenvalue weighted by Crippen LogP contribution is -2.26. The summed E-state index contributed by atoms with van der Waals surface area (Å²) >= 11 is 0. The van der Waals surface area contributed by atoms with Crippen molar-refractivity contribution >= 4 is 17.4 Å². The lowest BCUT2D eigenvalue weighted by atomic mass is 10.1. The van der Waals surface area contributed by atoms with E-state index in [1.165, 1.54) is 4.68 Å². The zero-order valence-corrected chi connectivity index (χ0v) is 16.3. The topological polar surface area (TPSA) is 161 Å². The quantitative estimate of drug-likeness (QED) is 0.391. The molecule has 1 aromatic carbocycles. The number of aromatic hydroxyl groups is 1. The van der Waals surface area contributed by atoms with Gasteiger partial charge in [0.25, 0.3) is 5.91 Å². The number of nitrogens with zero attached hydrogens (tertiary/aromatic N) is 7. The van der Waals surface area contributed by atoms with E-state index in [0.717, 1.165) is 25.9 Å². The predicted octanol–water partition coefficient (Wildman–Crippen LogP) is 0.688. The first-order valence-corrected chi connectivity index (χ1v) is 9.42. The van der Waals surface area contributed by atoms with Crippen LogP contribution in [0.2, 0.25) is 0 Å². The van der Waals surface area contributed by atoms with Gasteiger partial charge in [0.05, 0.1) is 5.71 Å². The minimum atomic E-state index is -0.531. The zero-order valence-electron chi connectivity index (χ0n) is 16.3. The number of hydrazone groups is 1. The summed E-state index contributed by atoms with van der Waals surface area (Å²) < 4.78 is 5.84. The van der Waals surface area contributed by atoms with Crippen molar-refractivity contribution in [3.8, 4) is 11.6 Å².